The molecule has 0 aromatic heterocycles. The Kier molecular flexibility index (Phi) is 7.33. The molecule has 0 radical (unpaired) electrons. The molecule has 13 heavy (non-hydrogen) atoms. The molecule has 0 aromatic carbocycles. The van der Waals surface area contributed by atoms with E-state index < -0.39 is 0 Å². The highest BCUT2D eigenvalue weighted by atomic mass is 79.9. The second-order valence-corrected chi connectivity index (χ2v) is 4.34. The highest BCUT2D eigenvalue weighted by molar-refractivity contribution is 9.09. The molecule has 78 valence electrons. The Morgan fingerprint density at radius 3 is 2.54 bits per heavy atom. The summed E-state index contributed by atoms with van der Waals surface area (Å²) in [6.45, 7) is 6.97. The summed E-state index contributed by atoms with van der Waals surface area (Å²) in [7, 11) is 0. The Hall–Kier alpha value is -0.0500. The quantitative estimate of drug-likeness (QED) is 0.721. The fraction of sp³-hybridized carbons (Fsp3) is 0.900. The number of rotatable bonds is 6. The molecule has 0 aliphatic carbocycles. The van der Waals surface area contributed by atoms with E-state index in [2.05, 4.69) is 35.1 Å². The highest BCUT2D eigenvalue weighted by Gasteiger charge is 2.11. The zero-order valence-corrected chi connectivity index (χ0v) is 10.4. The lowest BCUT2D eigenvalue weighted by atomic mass is 10.1. The fourth-order valence-corrected chi connectivity index (χ4v) is 1.30. The van der Waals surface area contributed by atoms with Gasteiger partial charge in [0.15, 0.2) is 0 Å². The number of hydrogen-bond acceptors (Lipinski definition) is 1. The minimum atomic E-state index is 0.160. The van der Waals surface area contributed by atoms with Crippen LogP contribution >= 0.6 is 15.9 Å². The fourth-order valence-electron chi connectivity index (χ4n) is 1.07. The van der Waals surface area contributed by atoms with Gasteiger partial charge in [0.2, 0.25) is 5.91 Å². The topological polar surface area (TPSA) is 29.1 Å². The molecule has 0 aliphatic rings. The largest absolute Gasteiger partial charge is 0.356 e. The van der Waals surface area contributed by atoms with Gasteiger partial charge in [0.25, 0.3) is 0 Å². The van der Waals surface area contributed by atoms with Crippen LogP contribution in [0, 0.1) is 11.8 Å². The maximum Gasteiger partial charge on any atom is 0.222 e. The molecule has 0 heterocycles. The minimum absolute atomic E-state index is 0.160. The van der Waals surface area contributed by atoms with Crippen molar-refractivity contribution in [1.29, 1.82) is 0 Å². The number of nitrogens with one attached hydrogen (secondary N) is 1. The lowest BCUT2D eigenvalue weighted by Crippen LogP contribution is -2.33. The molecule has 0 aromatic rings. The number of hydrogen-bond donors (Lipinski definition) is 1. The number of carbonyl (C=O) groups is 1. The van der Waals surface area contributed by atoms with Gasteiger partial charge in [-0.3, -0.25) is 4.79 Å². The van der Waals surface area contributed by atoms with Crippen molar-refractivity contribution in [3.8, 4) is 0 Å². The monoisotopic (exact) mass is 249 g/mol. The van der Waals surface area contributed by atoms with Crippen LogP contribution in [-0.2, 0) is 4.79 Å². The van der Waals surface area contributed by atoms with Gasteiger partial charge in [0.05, 0.1) is 0 Å². The zero-order valence-electron chi connectivity index (χ0n) is 8.77. The van der Waals surface area contributed by atoms with Crippen molar-refractivity contribution in [2.45, 2.75) is 33.6 Å². The van der Waals surface area contributed by atoms with Gasteiger partial charge in [-0.1, -0.05) is 43.1 Å². The normalized spacial score (nSPS) is 15.1. The van der Waals surface area contributed by atoms with E-state index in [-0.39, 0.29) is 11.8 Å². The zero-order chi connectivity index (χ0) is 10.3. The maximum atomic E-state index is 11.4. The van der Waals surface area contributed by atoms with Crippen LogP contribution in [0.25, 0.3) is 0 Å². The molecule has 0 bridgehead atoms. The minimum Gasteiger partial charge on any atom is -0.356 e. The Bertz CT molecular complexity index is 150. The van der Waals surface area contributed by atoms with Crippen LogP contribution in [0.5, 0.6) is 0 Å². The second-order valence-electron chi connectivity index (χ2n) is 3.69. The molecule has 0 rings (SSSR count). The van der Waals surface area contributed by atoms with E-state index in [9.17, 15) is 4.79 Å². The van der Waals surface area contributed by atoms with Crippen molar-refractivity contribution in [2.75, 3.05) is 11.9 Å². The molecule has 1 N–H and O–H groups in total. The van der Waals surface area contributed by atoms with Gasteiger partial charge >= 0.3 is 0 Å². The number of carbonyl (C=O) groups excluding carboxylic acids is 1. The van der Waals surface area contributed by atoms with Crippen LogP contribution in [0.15, 0.2) is 0 Å². The van der Waals surface area contributed by atoms with E-state index in [0.717, 1.165) is 24.7 Å². The summed E-state index contributed by atoms with van der Waals surface area (Å²) in [6, 6.07) is 0. The first kappa shape index (κ1) is 12.9. The summed E-state index contributed by atoms with van der Waals surface area (Å²) in [5.41, 5.74) is 0. The molecule has 0 aliphatic heterocycles. The predicted molar refractivity (Wildman–Crippen MR) is 60.0 cm³/mol. The van der Waals surface area contributed by atoms with Crippen LogP contribution in [0.2, 0.25) is 0 Å². The van der Waals surface area contributed by atoms with Gasteiger partial charge in [0, 0.05) is 17.8 Å². The lowest BCUT2D eigenvalue weighted by Gasteiger charge is -2.13. The van der Waals surface area contributed by atoms with E-state index >= 15 is 0 Å². The third-order valence-electron chi connectivity index (χ3n) is 2.06. The summed E-state index contributed by atoms with van der Waals surface area (Å²) < 4.78 is 0. The summed E-state index contributed by atoms with van der Waals surface area (Å²) in [4.78, 5) is 11.4. The number of halogens is 1. The molecule has 0 saturated carbocycles. The van der Waals surface area contributed by atoms with Gasteiger partial charge in [0.1, 0.15) is 0 Å². The SMILES string of the molecule is CCCC(C)C(=O)NCC(C)CBr. The standard InChI is InChI=1S/C10H20BrNO/c1-4-5-9(3)10(13)12-7-8(2)6-11/h8-9H,4-7H2,1-3H3,(H,12,13). The first-order valence-electron chi connectivity index (χ1n) is 4.95. The smallest absolute Gasteiger partial charge is 0.222 e. The molecular weight excluding hydrogens is 230 g/mol. The molecule has 0 fully saturated rings. The van der Waals surface area contributed by atoms with Gasteiger partial charge in [-0.15, -0.1) is 0 Å². The van der Waals surface area contributed by atoms with E-state index in [1.54, 1.807) is 0 Å². The van der Waals surface area contributed by atoms with Crippen LogP contribution in [0.3, 0.4) is 0 Å². The Balaban J connectivity index is 3.61. The van der Waals surface area contributed by atoms with Gasteiger partial charge in [-0.05, 0) is 12.3 Å². The van der Waals surface area contributed by atoms with Crippen molar-refractivity contribution >= 4 is 21.8 Å². The van der Waals surface area contributed by atoms with Gasteiger partial charge < -0.3 is 5.32 Å². The van der Waals surface area contributed by atoms with Gasteiger partial charge in [-0.25, -0.2) is 0 Å². The average Bonchev–Trinajstić information content (AvgIpc) is 2.13. The molecule has 1 amide bonds. The summed E-state index contributed by atoms with van der Waals surface area (Å²) >= 11 is 3.38. The summed E-state index contributed by atoms with van der Waals surface area (Å²) in [6.07, 6.45) is 2.05. The predicted octanol–water partition coefficient (Wildman–Crippen LogP) is 2.57. The van der Waals surface area contributed by atoms with Crippen molar-refractivity contribution in [3.05, 3.63) is 0 Å². The molecule has 0 spiro atoms. The first-order chi connectivity index (χ1) is 6.11. The van der Waals surface area contributed by atoms with Crippen LogP contribution in [0.4, 0.5) is 0 Å². The lowest BCUT2D eigenvalue weighted by molar-refractivity contribution is -0.124. The van der Waals surface area contributed by atoms with Crippen molar-refractivity contribution in [2.24, 2.45) is 11.8 Å². The van der Waals surface area contributed by atoms with E-state index in [1.165, 1.54) is 0 Å². The van der Waals surface area contributed by atoms with E-state index in [1.807, 2.05) is 6.92 Å². The van der Waals surface area contributed by atoms with Crippen LogP contribution in [-0.4, -0.2) is 17.8 Å². The van der Waals surface area contributed by atoms with Crippen LogP contribution < -0.4 is 5.32 Å². The van der Waals surface area contributed by atoms with E-state index in [4.69, 9.17) is 0 Å². The third-order valence-corrected chi connectivity index (χ3v) is 3.16. The highest BCUT2D eigenvalue weighted by Crippen LogP contribution is 2.05. The van der Waals surface area contributed by atoms with Crippen molar-refractivity contribution in [1.82, 2.24) is 5.32 Å². The first-order valence-corrected chi connectivity index (χ1v) is 6.07. The molecule has 2 atom stereocenters. The van der Waals surface area contributed by atoms with Gasteiger partial charge in [-0.2, -0.15) is 0 Å². The molecule has 0 saturated heterocycles. The van der Waals surface area contributed by atoms with Crippen molar-refractivity contribution < 1.29 is 4.79 Å². The van der Waals surface area contributed by atoms with Crippen molar-refractivity contribution in [3.63, 3.8) is 0 Å². The molecular formula is C10H20BrNO. The third kappa shape index (κ3) is 6.08. The second kappa shape index (κ2) is 7.36. The number of alkyl halides is 1. The molecule has 2 nitrogen and oxygen atoms in total. The molecule has 2 unspecified atom stereocenters. The number of amides is 1. The molecule has 3 heteroatoms. The maximum absolute atomic E-state index is 11.4. The Morgan fingerprint density at radius 2 is 2.08 bits per heavy atom. The van der Waals surface area contributed by atoms with E-state index in [0.29, 0.717) is 5.92 Å². The average molecular weight is 250 g/mol. The Labute approximate surface area is 89.6 Å². The summed E-state index contributed by atoms with van der Waals surface area (Å²) in [5, 5.41) is 3.89. The van der Waals surface area contributed by atoms with Crippen LogP contribution in [0.1, 0.15) is 33.6 Å². The summed E-state index contributed by atoms with van der Waals surface area (Å²) in [5.74, 6) is 0.861. The Morgan fingerprint density at radius 1 is 1.46 bits per heavy atom.